The molecule has 0 saturated heterocycles. The molecular formula is C11H10FN3O2. The van der Waals surface area contributed by atoms with Gasteiger partial charge in [-0.1, -0.05) is 0 Å². The van der Waals surface area contributed by atoms with Crippen molar-refractivity contribution in [3.05, 3.63) is 36.0 Å². The van der Waals surface area contributed by atoms with Gasteiger partial charge in [-0.05, 0) is 18.2 Å². The van der Waals surface area contributed by atoms with Crippen molar-refractivity contribution in [1.29, 1.82) is 0 Å². The van der Waals surface area contributed by atoms with Crippen molar-refractivity contribution < 1.29 is 13.9 Å². The quantitative estimate of drug-likeness (QED) is 0.841. The van der Waals surface area contributed by atoms with Crippen LogP contribution in [-0.2, 0) is 0 Å². The highest BCUT2D eigenvalue weighted by atomic mass is 19.1. The van der Waals surface area contributed by atoms with Gasteiger partial charge in [-0.25, -0.2) is 9.37 Å². The number of carbonyl (C=O) groups excluding carboxylic acids is 1. The summed E-state index contributed by atoms with van der Waals surface area (Å²) in [6.07, 6.45) is 1.40. The lowest BCUT2D eigenvalue weighted by Gasteiger charge is -2.06. The molecule has 5 nitrogen and oxygen atoms in total. The molecule has 2 aromatic rings. The number of aromatic nitrogens is 2. The second-order valence-electron chi connectivity index (χ2n) is 3.35. The van der Waals surface area contributed by atoms with Gasteiger partial charge < -0.3 is 15.5 Å². The van der Waals surface area contributed by atoms with Crippen LogP contribution in [0, 0.1) is 5.82 Å². The molecule has 1 aromatic carbocycles. The minimum Gasteiger partial charge on any atom is -0.496 e. The Morgan fingerprint density at radius 3 is 2.88 bits per heavy atom. The Labute approximate surface area is 96.4 Å². The van der Waals surface area contributed by atoms with Crippen LogP contribution in [0.4, 0.5) is 4.39 Å². The number of rotatable bonds is 3. The van der Waals surface area contributed by atoms with E-state index in [0.29, 0.717) is 17.0 Å². The smallest absolute Gasteiger partial charge is 0.284 e. The van der Waals surface area contributed by atoms with Gasteiger partial charge in [0.1, 0.15) is 11.6 Å². The molecule has 0 bridgehead atoms. The lowest BCUT2D eigenvalue weighted by Crippen LogP contribution is -2.12. The highest BCUT2D eigenvalue weighted by Gasteiger charge is 2.12. The van der Waals surface area contributed by atoms with Crippen molar-refractivity contribution in [3.8, 4) is 17.0 Å². The molecule has 0 aliphatic carbocycles. The second-order valence-corrected chi connectivity index (χ2v) is 3.35. The number of amides is 1. The molecule has 6 heteroatoms. The summed E-state index contributed by atoms with van der Waals surface area (Å²) in [5, 5.41) is 0. The standard InChI is InChI=1S/C11H10FN3O2/c1-17-9-3-2-6(12)4-7(9)8-5-14-11(15-8)10(13)16/h2-5H,1H3,(H2,13,16)(H,14,15). The van der Waals surface area contributed by atoms with Gasteiger partial charge in [-0.15, -0.1) is 0 Å². The highest BCUT2D eigenvalue weighted by Crippen LogP contribution is 2.29. The first-order valence-electron chi connectivity index (χ1n) is 4.80. The maximum absolute atomic E-state index is 13.2. The van der Waals surface area contributed by atoms with Crippen LogP contribution in [0.15, 0.2) is 24.4 Å². The first-order chi connectivity index (χ1) is 8.11. The highest BCUT2D eigenvalue weighted by molar-refractivity contribution is 5.89. The Balaban J connectivity index is 2.51. The summed E-state index contributed by atoms with van der Waals surface area (Å²) < 4.78 is 18.2. The van der Waals surface area contributed by atoms with Crippen LogP contribution in [-0.4, -0.2) is 23.0 Å². The number of methoxy groups -OCH3 is 1. The number of benzene rings is 1. The molecule has 88 valence electrons. The largest absolute Gasteiger partial charge is 0.496 e. The van der Waals surface area contributed by atoms with Gasteiger partial charge in [0, 0.05) is 5.56 Å². The first-order valence-corrected chi connectivity index (χ1v) is 4.80. The summed E-state index contributed by atoms with van der Waals surface area (Å²) in [6.45, 7) is 0. The summed E-state index contributed by atoms with van der Waals surface area (Å²) in [5.74, 6) is -0.583. The van der Waals surface area contributed by atoms with Crippen molar-refractivity contribution >= 4 is 5.91 Å². The molecule has 17 heavy (non-hydrogen) atoms. The molecule has 1 amide bonds. The fraction of sp³-hybridized carbons (Fsp3) is 0.0909. The Bertz CT molecular complexity index is 566. The zero-order valence-electron chi connectivity index (χ0n) is 9.03. The van der Waals surface area contributed by atoms with E-state index in [1.165, 1.54) is 31.5 Å². The molecule has 0 unspecified atom stereocenters. The molecule has 0 atom stereocenters. The van der Waals surface area contributed by atoms with Crippen LogP contribution in [0.2, 0.25) is 0 Å². The third-order valence-electron chi connectivity index (χ3n) is 2.26. The lowest BCUT2D eigenvalue weighted by molar-refractivity contribution is 0.0991. The third kappa shape index (κ3) is 2.10. The first kappa shape index (κ1) is 11.1. The monoisotopic (exact) mass is 235 g/mol. The molecule has 0 aliphatic heterocycles. The maximum Gasteiger partial charge on any atom is 0.284 e. The number of hydrogen-bond donors (Lipinski definition) is 2. The third-order valence-corrected chi connectivity index (χ3v) is 2.26. The van der Waals surface area contributed by atoms with Gasteiger partial charge in [0.05, 0.1) is 19.0 Å². The molecule has 1 aromatic heterocycles. The molecule has 3 N–H and O–H groups in total. The number of hydrogen-bond acceptors (Lipinski definition) is 3. The van der Waals surface area contributed by atoms with E-state index in [1.807, 2.05) is 0 Å². The Hall–Kier alpha value is -2.37. The molecular weight excluding hydrogens is 225 g/mol. The number of imidazole rings is 1. The van der Waals surface area contributed by atoms with Crippen LogP contribution in [0.25, 0.3) is 11.3 Å². The molecule has 0 aliphatic rings. The molecule has 2 rings (SSSR count). The van der Waals surface area contributed by atoms with E-state index in [2.05, 4.69) is 9.97 Å². The van der Waals surface area contributed by atoms with Crippen molar-refractivity contribution in [2.45, 2.75) is 0 Å². The summed E-state index contributed by atoms with van der Waals surface area (Å²) in [4.78, 5) is 17.4. The van der Waals surface area contributed by atoms with Gasteiger partial charge in [-0.2, -0.15) is 0 Å². The maximum atomic E-state index is 13.2. The van der Waals surface area contributed by atoms with Crippen LogP contribution in [0.3, 0.4) is 0 Å². The lowest BCUT2D eigenvalue weighted by atomic mass is 10.1. The van der Waals surface area contributed by atoms with Crippen LogP contribution in [0.1, 0.15) is 10.6 Å². The van der Waals surface area contributed by atoms with Crippen molar-refractivity contribution in [2.24, 2.45) is 5.73 Å². The fourth-order valence-electron chi connectivity index (χ4n) is 1.47. The van der Waals surface area contributed by atoms with E-state index in [-0.39, 0.29) is 5.82 Å². The molecule has 1 heterocycles. The fourth-order valence-corrected chi connectivity index (χ4v) is 1.47. The van der Waals surface area contributed by atoms with E-state index in [0.717, 1.165) is 0 Å². The number of ether oxygens (including phenoxy) is 1. The minimum atomic E-state index is -0.674. The van der Waals surface area contributed by atoms with Crippen LogP contribution >= 0.6 is 0 Å². The Kier molecular flexibility index (Phi) is 2.78. The molecule has 0 fully saturated rings. The SMILES string of the molecule is COc1ccc(F)cc1-c1cnc(C(N)=O)[nH]1. The van der Waals surface area contributed by atoms with E-state index in [1.54, 1.807) is 0 Å². The van der Waals surface area contributed by atoms with Gasteiger partial charge in [0.25, 0.3) is 5.91 Å². The van der Waals surface area contributed by atoms with Crippen molar-refractivity contribution in [2.75, 3.05) is 7.11 Å². The summed E-state index contributed by atoms with van der Waals surface area (Å²) in [6, 6.07) is 4.07. The van der Waals surface area contributed by atoms with Gasteiger partial charge in [-0.3, -0.25) is 4.79 Å². The number of carbonyl (C=O) groups is 1. The predicted molar refractivity (Wildman–Crippen MR) is 59.1 cm³/mol. The van der Waals surface area contributed by atoms with Gasteiger partial charge in [0.15, 0.2) is 5.82 Å². The summed E-state index contributed by atoms with van der Waals surface area (Å²) in [5.41, 5.74) is 6.01. The van der Waals surface area contributed by atoms with E-state index < -0.39 is 11.7 Å². The average molecular weight is 235 g/mol. The predicted octanol–water partition coefficient (Wildman–Crippen LogP) is 1.32. The Morgan fingerprint density at radius 2 is 2.29 bits per heavy atom. The van der Waals surface area contributed by atoms with Crippen LogP contribution < -0.4 is 10.5 Å². The molecule has 0 spiro atoms. The molecule has 0 saturated carbocycles. The van der Waals surface area contributed by atoms with E-state index in [9.17, 15) is 9.18 Å². The number of nitrogens with zero attached hydrogens (tertiary/aromatic N) is 1. The van der Waals surface area contributed by atoms with Crippen molar-refractivity contribution in [1.82, 2.24) is 9.97 Å². The number of halogens is 1. The van der Waals surface area contributed by atoms with E-state index >= 15 is 0 Å². The Morgan fingerprint density at radius 1 is 1.53 bits per heavy atom. The number of primary amides is 1. The van der Waals surface area contributed by atoms with Gasteiger partial charge in [0.2, 0.25) is 0 Å². The molecule has 0 radical (unpaired) electrons. The number of aromatic amines is 1. The van der Waals surface area contributed by atoms with Crippen LogP contribution in [0.5, 0.6) is 5.75 Å². The summed E-state index contributed by atoms with van der Waals surface area (Å²) in [7, 11) is 1.47. The van der Waals surface area contributed by atoms with Crippen molar-refractivity contribution in [3.63, 3.8) is 0 Å². The topological polar surface area (TPSA) is 81.0 Å². The normalized spacial score (nSPS) is 10.2. The zero-order chi connectivity index (χ0) is 12.4. The number of nitrogens with one attached hydrogen (secondary N) is 1. The average Bonchev–Trinajstić information content (AvgIpc) is 2.78. The summed E-state index contributed by atoms with van der Waals surface area (Å²) >= 11 is 0. The second kappa shape index (κ2) is 4.25. The van der Waals surface area contributed by atoms with Gasteiger partial charge >= 0.3 is 0 Å². The van der Waals surface area contributed by atoms with E-state index in [4.69, 9.17) is 10.5 Å². The number of H-pyrrole nitrogens is 1. The minimum absolute atomic E-state index is 0.0197. The zero-order valence-corrected chi connectivity index (χ0v) is 9.03. The number of nitrogens with two attached hydrogens (primary N) is 1.